The van der Waals surface area contributed by atoms with Crippen LogP contribution in [0.2, 0.25) is 0 Å². The number of aromatic nitrogens is 1. The lowest BCUT2D eigenvalue weighted by Gasteiger charge is -2.32. The van der Waals surface area contributed by atoms with Crippen LogP contribution in [-0.4, -0.2) is 35.0 Å². The number of ether oxygens (including phenoxy) is 1. The van der Waals surface area contributed by atoms with E-state index in [4.69, 9.17) is 14.0 Å². The molecule has 0 atom stereocenters. The van der Waals surface area contributed by atoms with Crippen molar-refractivity contribution in [3.63, 3.8) is 0 Å². The van der Waals surface area contributed by atoms with Crippen molar-refractivity contribution in [3.8, 4) is 0 Å². The van der Waals surface area contributed by atoms with Gasteiger partial charge < -0.3 is 14.0 Å². The van der Waals surface area contributed by atoms with E-state index in [0.29, 0.717) is 11.2 Å². The Labute approximate surface area is 144 Å². The molecule has 0 saturated carbocycles. The van der Waals surface area contributed by atoms with E-state index in [1.54, 1.807) is 12.3 Å². The molecule has 1 N–H and O–H groups in total. The number of carbonyl (C=O) groups is 1. The lowest BCUT2D eigenvalue weighted by atomic mass is 9.76. The zero-order chi connectivity index (χ0) is 18.3. The van der Waals surface area contributed by atoms with Gasteiger partial charge in [0.15, 0.2) is 0 Å². The standard InChI is InChI=1S/C17H27BN2O4/c1-11-13(18-23-16(5,6)17(7,8)24-18)12(9-10-19-11)20-14(21)22-15(2,3)4/h9-10H,1-8H3,(H,19,20,21). The quantitative estimate of drug-likeness (QED) is 0.842. The van der Waals surface area contributed by atoms with Gasteiger partial charge in [-0.05, 0) is 61.5 Å². The number of hydrogen-bond donors (Lipinski definition) is 1. The third-order valence-corrected chi connectivity index (χ3v) is 4.31. The highest BCUT2D eigenvalue weighted by atomic mass is 16.7. The third-order valence-electron chi connectivity index (χ3n) is 4.31. The number of pyridine rings is 1. The first kappa shape index (κ1) is 18.7. The minimum absolute atomic E-state index is 0.469. The fraction of sp³-hybridized carbons (Fsp3) is 0.647. The molecule has 1 aromatic rings. The van der Waals surface area contributed by atoms with Crippen molar-refractivity contribution in [3.05, 3.63) is 18.0 Å². The van der Waals surface area contributed by atoms with E-state index < -0.39 is 30.0 Å². The van der Waals surface area contributed by atoms with E-state index >= 15 is 0 Å². The molecule has 0 radical (unpaired) electrons. The van der Waals surface area contributed by atoms with Gasteiger partial charge in [0.25, 0.3) is 0 Å². The van der Waals surface area contributed by atoms with Gasteiger partial charge in [0.05, 0.1) is 11.2 Å². The van der Waals surface area contributed by atoms with Crippen molar-refractivity contribution >= 4 is 24.4 Å². The topological polar surface area (TPSA) is 69.7 Å². The second-order valence-corrected chi connectivity index (χ2v) is 8.07. The van der Waals surface area contributed by atoms with E-state index in [2.05, 4.69) is 10.3 Å². The zero-order valence-electron chi connectivity index (χ0n) is 15.8. The van der Waals surface area contributed by atoms with Gasteiger partial charge in [-0.2, -0.15) is 0 Å². The van der Waals surface area contributed by atoms with Crippen LogP contribution in [0.5, 0.6) is 0 Å². The van der Waals surface area contributed by atoms with Gasteiger partial charge in [0.1, 0.15) is 5.60 Å². The van der Waals surface area contributed by atoms with E-state index in [9.17, 15) is 4.79 Å². The van der Waals surface area contributed by atoms with Gasteiger partial charge in [-0.25, -0.2) is 4.79 Å². The number of nitrogens with zero attached hydrogens (tertiary/aromatic N) is 1. The maximum Gasteiger partial charge on any atom is 0.498 e. The summed E-state index contributed by atoms with van der Waals surface area (Å²) in [7, 11) is -0.603. The second-order valence-electron chi connectivity index (χ2n) is 8.07. The summed E-state index contributed by atoms with van der Waals surface area (Å²) >= 11 is 0. The molecule has 0 spiro atoms. The molecule has 0 bridgehead atoms. The predicted octanol–water partition coefficient (Wildman–Crippen LogP) is 3.04. The Morgan fingerprint density at radius 1 is 1.21 bits per heavy atom. The number of rotatable bonds is 2. The maximum absolute atomic E-state index is 12.1. The molecule has 2 heterocycles. The number of hydrogen-bond acceptors (Lipinski definition) is 5. The van der Waals surface area contributed by atoms with Crippen LogP contribution in [0.3, 0.4) is 0 Å². The molecule has 1 aliphatic heterocycles. The maximum atomic E-state index is 12.1. The molecular weight excluding hydrogens is 307 g/mol. The van der Waals surface area contributed by atoms with Crippen molar-refractivity contribution in [2.75, 3.05) is 5.32 Å². The number of nitrogens with one attached hydrogen (secondary N) is 1. The van der Waals surface area contributed by atoms with Gasteiger partial charge in [-0.15, -0.1) is 0 Å². The molecule has 0 aliphatic carbocycles. The molecule has 1 amide bonds. The molecule has 1 saturated heterocycles. The first-order valence-corrected chi connectivity index (χ1v) is 8.13. The molecule has 1 aliphatic rings. The van der Waals surface area contributed by atoms with Crippen LogP contribution < -0.4 is 10.8 Å². The van der Waals surface area contributed by atoms with Crippen LogP contribution in [-0.2, 0) is 14.0 Å². The Morgan fingerprint density at radius 2 is 1.75 bits per heavy atom. The van der Waals surface area contributed by atoms with Gasteiger partial charge >= 0.3 is 13.2 Å². The van der Waals surface area contributed by atoms with Crippen LogP contribution in [0.15, 0.2) is 12.3 Å². The van der Waals surface area contributed by atoms with Crippen molar-refractivity contribution in [1.29, 1.82) is 0 Å². The summed E-state index contributed by atoms with van der Waals surface area (Å²) in [6.45, 7) is 15.3. The molecule has 132 valence electrons. The fourth-order valence-corrected chi connectivity index (χ4v) is 2.36. The average Bonchev–Trinajstić information content (AvgIpc) is 2.55. The lowest BCUT2D eigenvalue weighted by molar-refractivity contribution is 0.00578. The summed E-state index contributed by atoms with van der Waals surface area (Å²) in [5, 5.41) is 2.78. The number of anilines is 1. The highest BCUT2D eigenvalue weighted by molar-refractivity contribution is 6.64. The summed E-state index contributed by atoms with van der Waals surface area (Å²) in [6.07, 6.45) is 1.11. The van der Waals surface area contributed by atoms with E-state index in [1.807, 2.05) is 55.4 Å². The van der Waals surface area contributed by atoms with Crippen LogP contribution in [0.1, 0.15) is 54.2 Å². The van der Waals surface area contributed by atoms with Crippen molar-refractivity contribution < 1.29 is 18.8 Å². The Balaban J connectivity index is 2.30. The minimum Gasteiger partial charge on any atom is -0.444 e. The molecule has 1 aromatic heterocycles. The smallest absolute Gasteiger partial charge is 0.444 e. The van der Waals surface area contributed by atoms with Crippen molar-refractivity contribution in [1.82, 2.24) is 4.98 Å². The van der Waals surface area contributed by atoms with Crippen molar-refractivity contribution in [2.45, 2.75) is 72.2 Å². The summed E-state index contributed by atoms with van der Waals surface area (Å²) in [4.78, 5) is 16.4. The molecule has 7 heteroatoms. The molecule has 0 unspecified atom stereocenters. The Morgan fingerprint density at radius 3 is 2.25 bits per heavy atom. The number of amides is 1. The summed E-state index contributed by atoms with van der Waals surface area (Å²) in [6, 6.07) is 1.72. The molecule has 2 rings (SSSR count). The average molecular weight is 334 g/mol. The van der Waals surface area contributed by atoms with Gasteiger partial charge in [-0.1, -0.05) is 0 Å². The first-order chi connectivity index (χ1) is 10.8. The van der Waals surface area contributed by atoms with E-state index in [1.165, 1.54) is 0 Å². The van der Waals surface area contributed by atoms with Gasteiger partial charge in [0.2, 0.25) is 0 Å². The summed E-state index contributed by atoms with van der Waals surface area (Å²) in [5.74, 6) is 0. The lowest BCUT2D eigenvalue weighted by Crippen LogP contribution is -2.41. The fourth-order valence-electron chi connectivity index (χ4n) is 2.36. The predicted molar refractivity (Wildman–Crippen MR) is 94.5 cm³/mol. The largest absolute Gasteiger partial charge is 0.498 e. The minimum atomic E-state index is -0.603. The summed E-state index contributed by atoms with van der Waals surface area (Å²) in [5.41, 5.74) is 0.516. The van der Waals surface area contributed by atoms with E-state index in [-0.39, 0.29) is 0 Å². The molecule has 24 heavy (non-hydrogen) atoms. The van der Waals surface area contributed by atoms with Crippen LogP contribution in [0, 0.1) is 6.92 Å². The Bertz CT molecular complexity index is 622. The first-order valence-electron chi connectivity index (χ1n) is 8.13. The van der Waals surface area contributed by atoms with Gasteiger partial charge in [0, 0.05) is 23.0 Å². The molecule has 0 aromatic carbocycles. The molecule has 6 nitrogen and oxygen atoms in total. The normalized spacial score (nSPS) is 19.2. The monoisotopic (exact) mass is 334 g/mol. The Hall–Kier alpha value is -1.60. The molecule has 1 fully saturated rings. The highest BCUT2D eigenvalue weighted by Crippen LogP contribution is 2.37. The Kier molecular flexibility index (Phi) is 4.72. The second kappa shape index (κ2) is 6.04. The van der Waals surface area contributed by atoms with Crippen LogP contribution in [0.25, 0.3) is 0 Å². The molecular formula is C17H27BN2O4. The van der Waals surface area contributed by atoms with Crippen LogP contribution in [0.4, 0.5) is 10.5 Å². The number of aryl methyl sites for hydroxylation is 1. The summed E-state index contributed by atoms with van der Waals surface area (Å²) < 4.78 is 17.5. The SMILES string of the molecule is Cc1nccc(NC(=O)OC(C)(C)C)c1B1OC(C)(C)C(C)(C)O1. The third kappa shape index (κ3) is 3.90. The zero-order valence-corrected chi connectivity index (χ0v) is 15.8. The van der Waals surface area contributed by atoms with E-state index in [0.717, 1.165) is 5.69 Å². The van der Waals surface area contributed by atoms with Crippen molar-refractivity contribution in [2.24, 2.45) is 0 Å². The highest BCUT2D eigenvalue weighted by Gasteiger charge is 2.53. The number of carbonyl (C=O) groups excluding carboxylic acids is 1. The van der Waals surface area contributed by atoms with Gasteiger partial charge in [-0.3, -0.25) is 10.3 Å². The van der Waals surface area contributed by atoms with Crippen LogP contribution >= 0.6 is 0 Å².